The number of ketones is 1. The van der Waals surface area contributed by atoms with E-state index in [1.54, 1.807) is 0 Å². The molecule has 0 heterocycles. The highest BCUT2D eigenvalue weighted by atomic mass is 16.1. The van der Waals surface area contributed by atoms with Gasteiger partial charge in [0.2, 0.25) is 0 Å². The van der Waals surface area contributed by atoms with Crippen LogP contribution in [-0.2, 0) is 6.42 Å². The van der Waals surface area contributed by atoms with Gasteiger partial charge in [-0.2, -0.15) is 0 Å². The highest BCUT2D eigenvalue weighted by Crippen LogP contribution is 2.40. The normalized spacial score (nSPS) is 23.5. The molecule has 1 aliphatic carbocycles. The van der Waals surface area contributed by atoms with E-state index in [1.165, 1.54) is 5.56 Å². The molecule has 2 atom stereocenters. The number of hydrogen-bond donors (Lipinski definition) is 0. The summed E-state index contributed by atoms with van der Waals surface area (Å²) in [4.78, 5) is 12.0. The zero-order valence-corrected chi connectivity index (χ0v) is 10.4. The Hall–Kier alpha value is -1.11. The fourth-order valence-electron chi connectivity index (χ4n) is 2.18. The zero-order chi connectivity index (χ0) is 11.7. The SMILES string of the molecule is CC(C)Cc1ccc(C(=O)C2CC2C)cc1. The number of carbonyl (C=O) groups excluding carboxylic acids is 1. The first kappa shape index (κ1) is 11.4. The van der Waals surface area contributed by atoms with Crippen molar-refractivity contribution in [3.8, 4) is 0 Å². The van der Waals surface area contributed by atoms with Gasteiger partial charge in [0.15, 0.2) is 5.78 Å². The van der Waals surface area contributed by atoms with Gasteiger partial charge in [0.05, 0.1) is 0 Å². The number of Topliss-reactive ketones (excluding diaryl/α,β-unsaturated/α-hetero) is 1. The van der Waals surface area contributed by atoms with Crippen molar-refractivity contribution in [2.75, 3.05) is 0 Å². The van der Waals surface area contributed by atoms with E-state index in [1.807, 2.05) is 12.1 Å². The molecule has 2 rings (SSSR count). The van der Waals surface area contributed by atoms with Gasteiger partial charge in [-0.25, -0.2) is 0 Å². The predicted octanol–water partition coefficient (Wildman–Crippen LogP) is 3.72. The summed E-state index contributed by atoms with van der Waals surface area (Å²) < 4.78 is 0. The van der Waals surface area contributed by atoms with E-state index in [0.717, 1.165) is 18.4 Å². The number of carbonyl (C=O) groups is 1. The van der Waals surface area contributed by atoms with Crippen molar-refractivity contribution in [1.82, 2.24) is 0 Å². The first-order valence-corrected chi connectivity index (χ1v) is 6.21. The first-order valence-electron chi connectivity index (χ1n) is 6.21. The van der Waals surface area contributed by atoms with Crippen LogP contribution in [-0.4, -0.2) is 5.78 Å². The summed E-state index contributed by atoms with van der Waals surface area (Å²) >= 11 is 0. The van der Waals surface area contributed by atoms with E-state index >= 15 is 0 Å². The maximum atomic E-state index is 12.0. The van der Waals surface area contributed by atoms with Crippen LogP contribution < -0.4 is 0 Å². The monoisotopic (exact) mass is 216 g/mol. The second-order valence-electron chi connectivity index (χ2n) is 5.48. The second-order valence-corrected chi connectivity index (χ2v) is 5.48. The summed E-state index contributed by atoms with van der Waals surface area (Å²) in [7, 11) is 0. The average Bonchev–Trinajstić information content (AvgIpc) is 2.95. The Labute approximate surface area is 97.9 Å². The van der Waals surface area contributed by atoms with E-state index in [0.29, 0.717) is 23.5 Å². The Kier molecular flexibility index (Phi) is 3.13. The lowest BCUT2D eigenvalue weighted by Gasteiger charge is -2.05. The maximum absolute atomic E-state index is 12.0. The minimum Gasteiger partial charge on any atom is -0.294 e. The van der Waals surface area contributed by atoms with Crippen molar-refractivity contribution in [3.05, 3.63) is 35.4 Å². The molecule has 0 aromatic heterocycles. The van der Waals surface area contributed by atoms with E-state index in [2.05, 4.69) is 32.9 Å². The van der Waals surface area contributed by atoms with Gasteiger partial charge < -0.3 is 0 Å². The van der Waals surface area contributed by atoms with Gasteiger partial charge >= 0.3 is 0 Å². The fourth-order valence-corrected chi connectivity index (χ4v) is 2.18. The van der Waals surface area contributed by atoms with E-state index < -0.39 is 0 Å². The molecule has 86 valence electrons. The molecule has 0 aliphatic heterocycles. The van der Waals surface area contributed by atoms with Gasteiger partial charge in [-0.3, -0.25) is 4.79 Å². The Balaban J connectivity index is 2.04. The zero-order valence-electron chi connectivity index (χ0n) is 10.4. The topological polar surface area (TPSA) is 17.1 Å². The molecule has 0 amide bonds. The lowest BCUT2D eigenvalue weighted by Crippen LogP contribution is -2.03. The van der Waals surface area contributed by atoms with Crippen molar-refractivity contribution in [1.29, 1.82) is 0 Å². The molecular weight excluding hydrogens is 196 g/mol. The van der Waals surface area contributed by atoms with Crippen molar-refractivity contribution in [2.24, 2.45) is 17.8 Å². The number of benzene rings is 1. The third-order valence-electron chi connectivity index (χ3n) is 3.33. The van der Waals surface area contributed by atoms with Crippen LogP contribution in [0.15, 0.2) is 24.3 Å². The highest BCUT2D eigenvalue weighted by molar-refractivity contribution is 5.99. The molecule has 0 spiro atoms. The number of rotatable bonds is 4. The minimum absolute atomic E-state index is 0.302. The quantitative estimate of drug-likeness (QED) is 0.701. The van der Waals surface area contributed by atoms with E-state index in [-0.39, 0.29) is 0 Å². The van der Waals surface area contributed by atoms with Crippen LogP contribution in [0, 0.1) is 17.8 Å². The summed E-state index contributed by atoms with van der Waals surface area (Å²) in [6, 6.07) is 8.18. The Morgan fingerprint density at radius 3 is 2.31 bits per heavy atom. The summed E-state index contributed by atoms with van der Waals surface area (Å²) in [5, 5.41) is 0. The van der Waals surface area contributed by atoms with Gasteiger partial charge in [0.1, 0.15) is 0 Å². The van der Waals surface area contributed by atoms with Crippen molar-refractivity contribution in [3.63, 3.8) is 0 Å². The predicted molar refractivity (Wildman–Crippen MR) is 66.6 cm³/mol. The standard InChI is InChI=1S/C15H20O/c1-10(2)8-12-4-6-13(7-5-12)15(16)14-9-11(14)3/h4-7,10-11,14H,8-9H2,1-3H3. The molecule has 1 aliphatic rings. The summed E-state index contributed by atoms with van der Waals surface area (Å²) in [5.74, 6) is 1.91. The molecule has 1 fully saturated rings. The molecule has 0 N–H and O–H groups in total. The summed E-state index contributed by atoms with van der Waals surface area (Å²) in [6.07, 6.45) is 2.17. The fraction of sp³-hybridized carbons (Fsp3) is 0.533. The molecular formula is C15H20O. The smallest absolute Gasteiger partial charge is 0.166 e. The first-order chi connectivity index (χ1) is 7.58. The van der Waals surface area contributed by atoms with Gasteiger partial charge in [-0.05, 0) is 30.2 Å². The van der Waals surface area contributed by atoms with Crippen LogP contribution in [0.25, 0.3) is 0 Å². The molecule has 1 heteroatoms. The highest BCUT2D eigenvalue weighted by Gasteiger charge is 2.39. The third-order valence-corrected chi connectivity index (χ3v) is 3.33. The van der Waals surface area contributed by atoms with Gasteiger partial charge in [0, 0.05) is 11.5 Å². The van der Waals surface area contributed by atoms with Crippen molar-refractivity contribution < 1.29 is 4.79 Å². The van der Waals surface area contributed by atoms with Crippen molar-refractivity contribution >= 4 is 5.78 Å². The molecule has 1 aromatic carbocycles. The maximum Gasteiger partial charge on any atom is 0.166 e. The van der Waals surface area contributed by atoms with E-state index in [4.69, 9.17) is 0 Å². The molecule has 1 saturated carbocycles. The van der Waals surface area contributed by atoms with Gasteiger partial charge in [-0.15, -0.1) is 0 Å². The Morgan fingerprint density at radius 1 is 1.31 bits per heavy atom. The molecule has 0 bridgehead atoms. The van der Waals surface area contributed by atoms with Crippen LogP contribution in [0.3, 0.4) is 0 Å². The van der Waals surface area contributed by atoms with Gasteiger partial charge in [-0.1, -0.05) is 45.0 Å². The summed E-state index contributed by atoms with van der Waals surface area (Å²) in [5.41, 5.74) is 2.22. The molecule has 2 unspecified atom stereocenters. The molecule has 16 heavy (non-hydrogen) atoms. The average molecular weight is 216 g/mol. The third kappa shape index (κ3) is 2.52. The largest absolute Gasteiger partial charge is 0.294 e. The molecule has 1 nitrogen and oxygen atoms in total. The number of hydrogen-bond acceptors (Lipinski definition) is 1. The van der Waals surface area contributed by atoms with E-state index in [9.17, 15) is 4.79 Å². The van der Waals surface area contributed by atoms with Crippen molar-refractivity contribution in [2.45, 2.75) is 33.6 Å². The van der Waals surface area contributed by atoms with Gasteiger partial charge in [0.25, 0.3) is 0 Å². The van der Waals surface area contributed by atoms with Crippen LogP contribution >= 0.6 is 0 Å². The van der Waals surface area contributed by atoms with Crippen LogP contribution in [0.4, 0.5) is 0 Å². The lowest BCUT2D eigenvalue weighted by molar-refractivity contribution is 0.0962. The minimum atomic E-state index is 0.302. The van der Waals surface area contributed by atoms with Crippen LogP contribution in [0.1, 0.15) is 43.1 Å². The molecule has 0 radical (unpaired) electrons. The molecule has 0 saturated heterocycles. The lowest BCUT2D eigenvalue weighted by atomic mass is 9.99. The second kappa shape index (κ2) is 4.40. The molecule has 1 aromatic rings. The van der Waals surface area contributed by atoms with Crippen LogP contribution in [0.2, 0.25) is 0 Å². The summed E-state index contributed by atoms with van der Waals surface area (Å²) in [6.45, 7) is 6.57. The van der Waals surface area contributed by atoms with Crippen LogP contribution in [0.5, 0.6) is 0 Å². The Morgan fingerprint density at radius 2 is 1.88 bits per heavy atom. The Bertz CT molecular complexity index is 375.